The summed E-state index contributed by atoms with van der Waals surface area (Å²) in [6, 6.07) is 4.01. The normalized spacial score (nSPS) is 11.5. The van der Waals surface area contributed by atoms with Gasteiger partial charge >= 0.3 is 5.97 Å². The lowest BCUT2D eigenvalue weighted by atomic mass is 10.2. The van der Waals surface area contributed by atoms with Crippen molar-refractivity contribution in [3.05, 3.63) is 39.9 Å². The predicted molar refractivity (Wildman–Crippen MR) is 53.2 cm³/mol. The van der Waals surface area contributed by atoms with Gasteiger partial charge in [0.2, 0.25) is 0 Å². The molecule has 2 nitrogen and oxygen atoms in total. The van der Waals surface area contributed by atoms with Crippen LogP contribution in [0, 0.1) is 0 Å². The van der Waals surface area contributed by atoms with E-state index in [9.17, 15) is 9.18 Å². The Morgan fingerprint density at radius 2 is 2.00 bits per heavy atom. The van der Waals surface area contributed by atoms with Crippen LogP contribution in [0.3, 0.4) is 0 Å². The number of carbonyl (C=O) groups is 1. The van der Waals surface area contributed by atoms with E-state index in [2.05, 4.69) is 0 Å². The molecule has 0 bridgehead atoms. The number of carboxylic acids is 1. The van der Waals surface area contributed by atoms with Crippen LogP contribution in [0.15, 0.2) is 24.3 Å². The van der Waals surface area contributed by atoms with E-state index in [0.29, 0.717) is 11.1 Å². The summed E-state index contributed by atoms with van der Waals surface area (Å²) in [6.07, 6.45) is 0.458. The largest absolute Gasteiger partial charge is 0.478 e. The van der Waals surface area contributed by atoms with Crippen LogP contribution < -0.4 is 0 Å². The van der Waals surface area contributed by atoms with Gasteiger partial charge in [0.15, 0.2) is 0 Å². The lowest BCUT2D eigenvalue weighted by Crippen LogP contribution is -1.89. The highest BCUT2D eigenvalue weighted by molar-refractivity contribution is 6.42. The molecule has 0 aromatic heterocycles. The van der Waals surface area contributed by atoms with Crippen molar-refractivity contribution in [1.82, 2.24) is 0 Å². The van der Waals surface area contributed by atoms with Gasteiger partial charge < -0.3 is 5.11 Å². The molecule has 14 heavy (non-hydrogen) atoms. The van der Waals surface area contributed by atoms with E-state index in [-0.39, 0.29) is 10.6 Å². The van der Waals surface area contributed by atoms with Gasteiger partial charge in [0.1, 0.15) is 5.83 Å². The molecule has 1 aromatic carbocycles. The lowest BCUT2D eigenvalue weighted by molar-refractivity contribution is -0.131. The maximum Gasteiger partial charge on any atom is 0.331 e. The molecule has 0 atom stereocenters. The van der Waals surface area contributed by atoms with Gasteiger partial charge in [0, 0.05) is 5.56 Å². The molecule has 0 aliphatic rings. The smallest absolute Gasteiger partial charge is 0.331 e. The van der Waals surface area contributed by atoms with Gasteiger partial charge in [-0.25, -0.2) is 9.18 Å². The highest BCUT2D eigenvalue weighted by Gasteiger charge is 2.05. The standard InChI is InChI=1S/C9H5Cl2FO2/c10-6-2-1-5(3-7(6)11)8(12)4-9(13)14/h1-4H,(H,13,14). The Kier molecular flexibility index (Phi) is 3.49. The zero-order chi connectivity index (χ0) is 10.7. The van der Waals surface area contributed by atoms with Crippen LogP contribution in [0.5, 0.6) is 0 Å². The molecule has 1 aromatic rings. The van der Waals surface area contributed by atoms with Crippen LogP contribution in [0.4, 0.5) is 4.39 Å². The highest BCUT2D eigenvalue weighted by Crippen LogP contribution is 2.26. The van der Waals surface area contributed by atoms with E-state index >= 15 is 0 Å². The molecule has 0 aliphatic heterocycles. The maximum absolute atomic E-state index is 13.1. The van der Waals surface area contributed by atoms with E-state index in [4.69, 9.17) is 28.3 Å². The van der Waals surface area contributed by atoms with E-state index < -0.39 is 11.8 Å². The molecule has 0 aliphatic carbocycles. The summed E-state index contributed by atoms with van der Waals surface area (Å²) in [4.78, 5) is 10.2. The fraction of sp³-hybridized carbons (Fsp3) is 0. The van der Waals surface area contributed by atoms with Crippen molar-refractivity contribution in [2.75, 3.05) is 0 Å². The Morgan fingerprint density at radius 1 is 1.36 bits per heavy atom. The SMILES string of the molecule is O=C(O)C=C(F)c1ccc(Cl)c(Cl)c1. The molecule has 5 heteroatoms. The molecule has 0 saturated carbocycles. The Labute approximate surface area is 89.6 Å². The average Bonchev–Trinajstić information content (AvgIpc) is 2.08. The Morgan fingerprint density at radius 3 is 2.50 bits per heavy atom. The molecule has 74 valence electrons. The van der Waals surface area contributed by atoms with Crippen molar-refractivity contribution in [3.8, 4) is 0 Å². The first kappa shape index (κ1) is 11.0. The first-order valence-corrected chi connectivity index (χ1v) is 4.32. The summed E-state index contributed by atoms with van der Waals surface area (Å²) < 4.78 is 13.1. The number of hydrogen-bond donors (Lipinski definition) is 1. The fourth-order valence-electron chi connectivity index (χ4n) is 0.836. The first-order valence-electron chi connectivity index (χ1n) is 3.56. The van der Waals surface area contributed by atoms with Crippen LogP contribution in [0.2, 0.25) is 10.0 Å². The number of hydrogen-bond acceptors (Lipinski definition) is 1. The summed E-state index contributed by atoms with van der Waals surface area (Å²) in [5.74, 6) is -2.22. The van der Waals surface area contributed by atoms with Gasteiger partial charge in [-0.2, -0.15) is 0 Å². The molecule has 1 rings (SSSR count). The minimum absolute atomic E-state index is 0.0850. The Balaban J connectivity index is 3.09. The molecule has 1 N–H and O–H groups in total. The predicted octanol–water partition coefficient (Wildman–Crippen LogP) is 3.39. The second kappa shape index (κ2) is 4.44. The topological polar surface area (TPSA) is 37.3 Å². The third-order valence-corrected chi connectivity index (χ3v) is 2.18. The van der Waals surface area contributed by atoms with E-state index in [1.54, 1.807) is 0 Å². The van der Waals surface area contributed by atoms with Crippen LogP contribution in [-0.2, 0) is 4.79 Å². The van der Waals surface area contributed by atoms with E-state index in [1.165, 1.54) is 18.2 Å². The van der Waals surface area contributed by atoms with Gasteiger partial charge in [-0.15, -0.1) is 0 Å². The summed E-state index contributed by atoms with van der Waals surface area (Å²) in [6.45, 7) is 0. The molecule has 0 amide bonds. The molecule has 0 radical (unpaired) electrons. The van der Waals surface area contributed by atoms with Crippen LogP contribution in [0.1, 0.15) is 5.56 Å². The zero-order valence-electron chi connectivity index (χ0n) is 6.80. The number of halogens is 3. The van der Waals surface area contributed by atoms with E-state index in [1.807, 2.05) is 0 Å². The van der Waals surface area contributed by atoms with Crippen LogP contribution >= 0.6 is 23.2 Å². The van der Waals surface area contributed by atoms with Gasteiger partial charge in [-0.05, 0) is 12.1 Å². The van der Waals surface area contributed by atoms with Crippen molar-refractivity contribution >= 4 is 35.0 Å². The highest BCUT2D eigenvalue weighted by atomic mass is 35.5. The molecule has 0 unspecified atom stereocenters. The second-order valence-corrected chi connectivity index (χ2v) is 3.27. The third-order valence-electron chi connectivity index (χ3n) is 1.45. The summed E-state index contributed by atoms with van der Waals surface area (Å²) in [5.41, 5.74) is 0.0850. The summed E-state index contributed by atoms with van der Waals surface area (Å²) >= 11 is 11.2. The second-order valence-electron chi connectivity index (χ2n) is 2.46. The molecular weight excluding hydrogens is 230 g/mol. The Hall–Kier alpha value is -1.06. The monoisotopic (exact) mass is 234 g/mol. The number of carboxylic acid groups (broad SMARTS) is 1. The first-order chi connectivity index (χ1) is 6.50. The van der Waals surface area contributed by atoms with Gasteiger partial charge in [-0.3, -0.25) is 0 Å². The number of rotatable bonds is 2. The minimum atomic E-state index is -1.35. The van der Waals surface area contributed by atoms with Gasteiger partial charge in [0.25, 0.3) is 0 Å². The van der Waals surface area contributed by atoms with Crippen molar-refractivity contribution in [2.24, 2.45) is 0 Å². The molecule has 0 heterocycles. The van der Waals surface area contributed by atoms with Crippen LogP contribution in [-0.4, -0.2) is 11.1 Å². The fourth-order valence-corrected chi connectivity index (χ4v) is 1.13. The van der Waals surface area contributed by atoms with Crippen molar-refractivity contribution < 1.29 is 14.3 Å². The Bertz CT molecular complexity index is 402. The lowest BCUT2D eigenvalue weighted by Gasteiger charge is -1.99. The molecule has 0 spiro atoms. The van der Waals surface area contributed by atoms with Gasteiger partial charge in [-0.1, -0.05) is 29.3 Å². The summed E-state index contributed by atoms with van der Waals surface area (Å²) in [5, 5.41) is 8.76. The quantitative estimate of drug-likeness (QED) is 0.797. The average molecular weight is 235 g/mol. The van der Waals surface area contributed by atoms with Crippen molar-refractivity contribution in [3.63, 3.8) is 0 Å². The van der Waals surface area contributed by atoms with E-state index in [0.717, 1.165) is 0 Å². The maximum atomic E-state index is 13.1. The van der Waals surface area contributed by atoms with Crippen LogP contribution in [0.25, 0.3) is 5.83 Å². The number of aliphatic carboxylic acids is 1. The molecule has 0 saturated heterocycles. The molecular formula is C9H5Cl2FO2. The third kappa shape index (κ3) is 2.72. The van der Waals surface area contributed by atoms with Crippen molar-refractivity contribution in [2.45, 2.75) is 0 Å². The van der Waals surface area contributed by atoms with Gasteiger partial charge in [0.05, 0.1) is 16.1 Å². The molecule has 0 fully saturated rings. The van der Waals surface area contributed by atoms with Crippen molar-refractivity contribution in [1.29, 1.82) is 0 Å². The minimum Gasteiger partial charge on any atom is -0.478 e. The number of benzene rings is 1. The summed E-state index contributed by atoms with van der Waals surface area (Å²) in [7, 11) is 0. The zero-order valence-corrected chi connectivity index (χ0v) is 8.31.